The Labute approximate surface area is 138 Å². The molecule has 1 N–H and O–H groups in total. The summed E-state index contributed by atoms with van der Waals surface area (Å²) < 4.78 is 0. The molecule has 0 amide bonds. The van der Waals surface area contributed by atoms with Crippen molar-refractivity contribution in [3.63, 3.8) is 0 Å². The molecule has 0 aliphatic heterocycles. The van der Waals surface area contributed by atoms with Gasteiger partial charge >= 0.3 is 83.5 Å². The van der Waals surface area contributed by atoms with Crippen LogP contribution in [0.2, 0.25) is 0 Å². The minimum Gasteiger partial charge on any atom is -2.00 e. The van der Waals surface area contributed by atoms with Gasteiger partial charge in [-0.25, -0.2) is 0 Å². The van der Waals surface area contributed by atoms with Crippen LogP contribution in [0, 0.1) is 83.5 Å². The maximum Gasteiger partial charge on any atom is 3.00 e. The van der Waals surface area contributed by atoms with Crippen molar-refractivity contribution >= 4 is 0 Å². The van der Waals surface area contributed by atoms with E-state index in [0.717, 1.165) is 0 Å². The molecule has 0 heterocycles. The Balaban J connectivity index is -0.0000000327. The fourth-order valence-corrected chi connectivity index (χ4v) is 0.428. The van der Waals surface area contributed by atoms with Crippen molar-refractivity contribution in [3.8, 4) is 5.75 Å². The normalized spacial score (nSPS) is 5.00. The van der Waals surface area contributed by atoms with Crippen molar-refractivity contribution in [2.24, 2.45) is 0 Å². The van der Waals surface area contributed by atoms with Gasteiger partial charge in [0.05, 0.1) is 0 Å². The van der Waals surface area contributed by atoms with Crippen molar-refractivity contribution < 1.29 is 105 Å². The third-order valence-electron chi connectivity index (χ3n) is 0.756. The molecule has 1 aromatic rings. The topological polar surface area (TPSA) is 106 Å². The molecule has 6 heteroatoms. The molecule has 0 aromatic heterocycles. The largest absolute Gasteiger partial charge is 3.00 e. The van der Waals surface area contributed by atoms with Crippen molar-refractivity contribution in [2.75, 3.05) is 0 Å². The average Bonchev–Trinajstić information content (AvgIpc) is 1.69. The summed E-state index contributed by atoms with van der Waals surface area (Å²) in [4.78, 5) is 0. The van der Waals surface area contributed by atoms with E-state index in [9.17, 15) is 0 Å². The molecule has 12 heavy (non-hydrogen) atoms. The second-order valence-corrected chi connectivity index (χ2v) is 1.34. The van der Waals surface area contributed by atoms with Crippen LogP contribution in [0.1, 0.15) is 0 Å². The first kappa shape index (κ1) is 29.2. The zero-order chi connectivity index (χ0) is 5.11. The van der Waals surface area contributed by atoms with Gasteiger partial charge in [0.25, 0.3) is 0 Å². The molecule has 62 valence electrons. The van der Waals surface area contributed by atoms with E-state index in [1.165, 1.54) is 0 Å². The third kappa shape index (κ3) is 14.2. The van der Waals surface area contributed by atoms with Crippen LogP contribution in [-0.4, -0.2) is 5.11 Å². The molecule has 0 atom stereocenters. The van der Waals surface area contributed by atoms with Gasteiger partial charge in [-0.2, -0.15) is 0 Å². The summed E-state index contributed by atoms with van der Waals surface area (Å²) in [5.41, 5.74) is 0. The second-order valence-electron chi connectivity index (χ2n) is 1.34. The first-order valence-corrected chi connectivity index (χ1v) is 2.13. The summed E-state index contributed by atoms with van der Waals surface area (Å²) in [5.74, 6) is 0.322. The van der Waals surface area contributed by atoms with Gasteiger partial charge < -0.3 is 21.5 Å². The van der Waals surface area contributed by atoms with Crippen LogP contribution in [0.5, 0.6) is 5.75 Å². The van der Waals surface area contributed by atoms with Gasteiger partial charge in [-0.3, -0.25) is 0 Å². The van der Waals surface area contributed by atoms with Gasteiger partial charge in [-0.05, 0) is 12.1 Å². The van der Waals surface area contributed by atoms with Crippen LogP contribution in [0.4, 0.5) is 0 Å². The molecule has 0 aliphatic rings. The van der Waals surface area contributed by atoms with Gasteiger partial charge in [-0.1, -0.05) is 18.2 Å². The Morgan fingerprint density at radius 2 is 1.08 bits per heavy atom. The molecule has 0 bridgehead atoms. The maximum absolute atomic E-state index is 8.63. The Morgan fingerprint density at radius 3 is 1.25 bits per heavy atom. The molecule has 0 saturated carbocycles. The molecule has 1 aromatic carbocycles. The molecule has 0 spiro atoms. The summed E-state index contributed by atoms with van der Waals surface area (Å²) in [6, 6.07) is 8.71. The number of hydrogen-bond donors (Lipinski definition) is 1. The standard InChI is InChI=1S/C6H6O.2Ce.3O/c7-6-4-2-1-3-5-6;;;;;/h1-5,7H;;;;;/q;2*+3;3*-2. The van der Waals surface area contributed by atoms with Gasteiger partial charge in [0, 0.05) is 0 Å². The summed E-state index contributed by atoms with van der Waals surface area (Å²) in [6.45, 7) is 0. The zero-order valence-electron chi connectivity index (χ0n) is 6.06. The van der Waals surface area contributed by atoms with Crippen molar-refractivity contribution in [3.05, 3.63) is 30.3 Å². The summed E-state index contributed by atoms with van der Waals surface area (Å²) in [5, 5.41) is 8.63. The van der Waals surface area contributed by atoms with Gasteiger partial charge in [0.15, 0.2) is 0 Å². The van der Waals surface area contributed by atoms with E-state index in [1.807, 2.05) is 6.07 Å². The predicted molar refractivity (Wildman–Crippen MR) is 30.2 cm³/mol. The monoisotopic (exact) mass is 422 g/mol. The molecular formula is C6H6Ce2O4. The molecule has 0 unspecified atom stereocenters. The van der Waals surface area contributed by atoms with Crippen LogP contribution in [0.3, 0.4) is 0 Å². The molecule has 0 saturated heterocycles. The Hall–Kier alpha value is 1.65. The molecule has 1 rings (SSSR count). The number of rotatable bonds is 0. The number of para-hydroxylation sites is 1. The molecular weight excluding hydrogens is 416 g/mol. The minimum absolute atomic E-state index is 0. The summed E-state index contributed by atoms with van der Waals surface area (Å²) in [7, 11) is 0. The molecule has 0 aliphatic carbocycles. The Morgan fingerprint density at radius 1 is 0.750 bits per heavy atom. The van der Waals surface area contributed by atoms with E-state index in [2.05, 4.69) is 0 Å². The second kappa shape index (κ2) is 18.4. The van der Waals surface area contributed by atoms with Crippen LogP contribution < -0.4 is 0 Å². The van der Waals surface area contributed by atoms with E-state index in [0.29, 0.717) is 5.75 Å². The Kier molecular flexibility index (Phi) is 44.9. The third-order valence-corrected chi connectivity index (χ3v) is 0.756. The Bertz CT molecular complexity index is 147. The predicted octanol–water partition coefficient (Wildman–Crippen LogP) is 1.04. The number of hydrogen-bond acceptors (Lipinski definition) is 1. The molecule has 0 fully saturated rings. The number of aromatic hydroxyl groups is 1. The summed E-state index contributed by atoms with van der Waals surface area (Å²) >= 11 is 0. The molecule has 2 radical (unpaired) electrons. The number of benzene rings is 1. The van der Waals surface area contributed by atoms with E-state index in [-0.39, 0.29) is 99.9 Å². The van der Waals surface area contributed by atoms with Gasteiger partial charge in [0.2, 0.25) is 0 Å². The quantitative estimate of drug-likeness (QED) is 0.663. The van der Waals surface area contributed by atoms with Crippen molar-refractivity contribution in [1.29, 1.82) is 0 Å². The first-order valence-electron chi connectivity index (χ1n) is 2.13. The fourth-order valence-electron chi connectivity index (χ4n) is 0.428. The maximum atomic E-state index is 8.63. The fraction of sp³-hybridized carbons (Fsp3) is 0. The molecule has 4 nitrogen and oxygen atoms in total. The van der Waals surface area contributed by atoms with Gasteiger partial charge in [0.1, 0.15) is 5.75 Å². The van der Waals surface area contributed by atoms with Crippen LogP contribution >= 0.6 is 0 Å². The zero-order valence-corrected chi connectivity index (χ0v) is 12.3. The van der Waals surface area contributed by atoms with Crippen LogP contribution in [0.15, 0.2) is 30.3 Å². The average molecular weight is 422 g/mol. The minimum atomic E-state index is 0. The SMILES string of the molecule is Oc1ccccc1.[Ce+3].[Ce+3].[O-2].[O-2].[O-2]. The van der Waals surface area contributed by atoms with Gasteiger partial charge in [-0.15, -0.1) is 0 Å². The first-order chi connectivity index (χ1) is 3.39. The van der Waals surface area contributed by atoms with Crippen LogP contribution in [0.25, 0.3) is 0 Å². The van der Waals surface area contributed by atoms with E-state index in [1.54, 1.807) is 24.3 Å². The number of phenols is 1. The van der Waals surface area contributed by atoms with Crippen LogP contribution in [-0.2, 0) is 16.4 Å². The van der Waals surface area contributed by atoms with E-state index in [4.69, 9.17) is 5.11 Å². The van der Waals surface area contributed by atoms with Crippen molar-refractivity contribution in [2.45, 2.75) is 0 Å². The van der Waals surface area contributed by atoms with E-state index >= 15 is 0 Å². The number of phenolic OH excluding ortho intramolecular Hbond substituents is 1. The van der Waals surface area contributed by atoms with Crippen molar-refractivity contribution in [1.82, 2.24) is 0 Å². The smallest absolute Gasteiger partial charge is 2.00 e. The summed E-state index contributed by atoms with van der Waals surface area (Å²) in [6.07, 6.45) is 0. The van der Waals surface area contributed by atoms with E-state index < -0.39 is 0 Å².